The molecule has 0 N–H and O–H groups in total. The molecule has 0 saturated carbocycles. The van der Waals surface area contributed by atoms with Gasteiger partial charge in [-0.2, -0.15) is 52.7 Å². The molecule has 0 bridgehead atoms. The molecule has 4 aromatic carbocycles. The Morgan fingerprint density at radius 3 is 1.04 bits per heavy atom. The van der Waals surface area contributed by atoms with Crippen LogP contribution in [0.1, 0.15) is 29.2 Å². The highest BCUT2D eigenvalue weighted by Gasteiger charge is 2.38. The molecule has 0 saturated heterocycles. The molecule has 0 aliphatic heterocycles. The number of allylic oxidation sites excluding steroid dienone is 4. The van der Waals surface area contributed by atoms with E-state index in [1.165, 1.54) is 48.5 Å². The lowest BCUT2D eigenvalue weighted by Crippen LogP contribution is -2.28. The van der Waals surface area contributed by atoms with Gasteiger partial charge in [-0.05, 0) is 97.2 Å². The zero-order valence-electron chi connectivity index (χ0n) is 25.0. The Morgan fingerprint density at radius 1 is 0.469 bits per heavy atom. The molecule has 0 heterocycles. The molecule has 1 unspecified atom stereocenters. The first-order valence-electron chi connectivity index (χ1n) is 14.3. The van der Waals surface area contributed by atoms with Crippen LogP contribution in [-0.2, 0) is 24.7 Å². The number of halogens is 12. The summed E-state index contributed by atoms with van der Waals surface area (Å²) in [5, 5.41) is 1.62. The van der Waals surface area contributed by atoms with Crippen LogP contribution in [-0.4, -0.2) is 11.3 Å². The zero-order valence-corrected chi connectivity index (χ0v) is 26.8. The minimum Gasteiger partial charge on any atom is -0.166 e. The average molecular weight is 733 g/mol. The van der Waals surface area contributed by atoms with Crippen LogP contribution in [0.5, 0.6) is 0 Å². The number of hydrogen-bond acceptors (Lipinski definition) is 0. The molecule has 1 aliphatic carbocycles. The fourth-order valence-electron chi connectivity index (χ4n) is 5.47. The van der Waals surface area contributed by atoms with E-state index in [4.69, 9.17) is 0 Å². The molecule has 14 heteroatoms. The van der Waals surface area contributed by atoms with Gasteiger partial charge in [-0.25, -0.2) is 0 Å². The van der Waals surface area contributed by atoms with Crippen LogP contribution in [0.15, 0.2) is 115 Å². The molecule has 0 amide bonds. The van der Waals surface area contributed by atoms with Gasteiger partial charge in [-0.15, -0.1) is 0 Å². The van der Waals surface area contributed by atoms with E-state index in [0.29, 0.717) is 26.8 Å². The lowest BCUT2D eigenvalue weighted by Gasteiger charge is -2.34. The number of benzene rings is 4. The van der Waals surface area contributed by atoms with Crippen LogP contribution in [0.25, 0.3) is 0 Å². The van der Waals surface area contributed by atoms with Crippen molar-refractivity contribution in [3.8, 4) is 0 Å². The maximum atomic E-state index is 13.4. The van der Waals surface area contributed by atoms with Crippen molar-refractivity contribution in [2.45, 2.75) is 42.9 Å². The Morgan fingerprint density at radius 2 is 0.755 bits per heavy atom. The van der Waals surface area contributed by atoms with Gasteiger partial charge in [0.2, 0.25) is 0 Å². The second kappa shape index (κ2) is 13.6. The fourth-order valence-corrected chi connectivity index (χ4v) is 10.9. The molecule has 0 spiro atoms. The molecule has 1 radical (unpaired) electrons. The van der Waals surface area contributed by atoms with E-state index in [1.54, 1.807) is 19.1 Å². The SMILES string of the molecule is C[C@H](C1=[C]C=CC1P(c1ccc(C(F)(F)F)cc1)c1ccc(C(F)(F)F)cc1)P(c1ccc(C(F)(F)F)cc1)c1ccc(C(F)(F)F)cc1. The van der Waals surface area contributed by atoms with Crippen LogP contribution in [0.2, 0.25) is 0 Å². The highest BCUT2D eigenvalue weighted by atomic mass is 31.1. The summed E-state index contributed by atoms with van der Waals surface area (Å²) in [6.45, 7) is 1.73. The molecule has 0 aromatic heterocycles. The maximum Gasteiger partial charge on any atom is 0.416 e. The van der Waals surface area contributed by atoms with Crippen LogP contribution >= 0.6 is 15.8 Å². The number of alkyl halides is 12. The third-order valence-corrected chi connectivity index (χ3v) is 13.3. The summed E-state index contributed by atoms with van der Waals surface area (Å²) >= 11 is 0. The van der Waals surface area contributed by atoms with E-state index in [9.17, 15) is 52.7 Å². The molecule has 49 heavy (non-hydrogen) atoms. The van der Waals surface area contributed by atoms with Crippen molar-refractivity contribution in [1.29, 1.82) is 0 Å². The van der Waals surface area contributed by atoms with Crippen molar-refractivity contribution in [1.82, 2.24) is 0 Å². The van der Waals surface area contributed by atoms with E-state index in [0.717, 1.165) is 48.5 Å². The van der Waals surface area contributed by atoms with Crippen LogP contribution in [0, 0.1) is 6.08 Å². The number of rotatable bonds is 7. The summed E-state index contributed by atoms with van der Waals surface area (Å²) in [5.74, 6) is 0. The van der Waals surface area contributed by atoms with Gasteiger partial charge < -0.3 is 0 Å². The maximum absolute atomic E-state index is 13.4. The zero-order chi connectivity index (χ0) is 35.9. The van der Waals surface area contributed by atoms with Gasteiger partial charge in [0.1, 0.15) is 0 Å². The molecule has 0 fully saturated rings. The predicted octanol–water partition coefficient (Wildman–Crippen LogP) is 10.4. The minimum absolute atomic E-state index is 0.402. The first-order chi connectivity index (χ1) is 22.7. The van der Waals surface area contributed by atoms with Gasteiger partial charge in [-0.3, -0.25) is 0 Å². The van der Waals surface area contributed by atoms with Crippen molar-refractivity contribution in [2.24, 2.45) is 0 Å². The van der Waals surface area contributed by atoms with Crippen molar-refractivity contribution in [2.75, 3.05) is 0 Å². The van der Waals surface area contributed by atoms with Gasteiger partial charge in [0.15, 0.2) is 0 Å². The van der Waals surface area contributed by atoms with E-state index in [2.05, 4.69) is 6.08 Å². The highest BCUT2D eigenvalue weighted by Crippen LogP contribution is 2.53. The van der Waals surface area contributed by atoms with Crippen LogP contribution < -0.4 is 21.2 Å². The summed E-state index contributed by atoms with van der Waals surface area (Å²) in [6.07, 6.45) is -12.2. The minimum atomic E-state index is -4.64. The van der Waals surface area contributed by atoms with Crippen molar-refractivity contribution in [3.05, 3.63) is 143 Å². The lowest BCUT2D eigenvalue weighted by atomic mass is 10.2. The Labute approximate surface area is 275 Å². The van der Waals surface area contributed by atoms with E-state index < -0.39 is 74.1 Å². The third-order valence-electron chi connectivity index (χ3n) is 7.85. The summed E-state index contributed by atoms with van der Waals surface area (Å²) in [4.78, 5) is 0. The molecule has 0 nitrogen and oxygen atoms in total. The second-order valence-electron chi connectivity index (χ2n) is 11.0. The Bertz CT molecular complexity index is 1680. The van der Waals surface area contributed by atoms with Crippen molar-refractivity contribution >= 4 is 37.1 Å². The Balaban J connectivity index is 1.60. The average Bonchev–Trinajstić information content (AvgIpc) is 3.50. The Hall–Kier alpha value is -3.62. The monoisotopic (exact) mass is 733 g/mol. The van der Waals surface area contributed by atoms with Crippen molar-refractivity contribution in [3.63, 3.8) is 0 Å². The van der Waals surface area contributed by atoms with Gasteiger partial charge in [0, 0.05) is 11.3 Å². The van der Waals surface area contributed by atoms with Gasteiger partial charge in [0.05, 0.1) is 22.3 Å². The van der Waals surface area contributed by atoms with Gasteiger partial charge in [-0.1, -0.05) is 67.6 Å². The summed E-state index contributed by atoms with van der Waals surface area (Å²) in [6, 6.07) is 17.1. The van der Waals surface area contributed by atoms with E-state index >= 15 is 0 Å². The third kappa shape index (κ3) is 8.24. The van der Waals surface area contributed by atoms with Gasteiger partial charge in [0.25, 0.3) is 0 Å². The molecular formula is C35H23F12P2. The smallest absolute Gasteiger partial charge is 0.166 e. The van der Waals surface area contributed by atoms with Gasteiger partial charge >= 0.3 is 24.7 Å². The largest absolute Gasteiger partial charge is 0.416 e. The Kier molecular flexibility index (Phi) is 10.2. The molecule has 5 rings (SSSR count). The van der Waals surface area contributed by atoms with Crippen LogP contribution in [0.4, 0.5) is 52.7 Å². The van der Waals surface area contributed by atoms with E-state index in [-0.39, 0.29) is 0 Å². The molecule has 1 aliphatic rings. The van der Waals surface area contributed by atoms with E-state index in [1.807, 2.05) is 0 Å². The molecule has 4 aromatic rings. The lowest BCUT2D eigenvalue weighted by molar-refractivity contribution is -0.138. The van der Waals surface area contributed by atoms with Crippen LogP contribution in [0.3, 0.4) is 0 Å². The fraction of sp³-hybridized carbons (Fsp3) is 0.200. The topological polar surface area (TPSA) is 0 Å². The van der Waals surface area contributed by atoms with Crippen molar-refractivity contribution < 1.29 is 52.7 Å². The molecule has 257 valence electrons. The standard InChI is InChI=1S/C35H23F12P2/c1-21(48(26-13-5-22(6-14-26)32(36,37)38)27-15-7-23(8-16-27)33(39,40)41)30-3-2-4-31(30)49(28-17-9-24(10-18-28)34(42,43)44)29-19-11-25(12-20-29)35(45,46)47/h2,4-21,31H,1H3/t21-,31?/m1/s1. The summed E-state index contributed by atoms with van der Waals surface area (Å²) in [5.41, 5.74) is -4.38. The normalized spacial score (nSPS) is 16.4. The highest BCUT2D eigenvalue weighted by molar-refractivity contribution is 7.75. The second-order valence-corrected chi connectivity index (χ2v) is 15.9. The molecular weight excluding hydrogens is 710 g/mol. The number of hydrogen-bond donors (Lipinski definition) is 0. The quantitative estimate of drug-likeness (QED) is 0.131. The first-order valence-corrected chi connectivity index (χ1v) is 17.1. The molecule has 2 atom stereocenters. The first kappa shape index (κ1) is 36.7. The summed E-state index contributed by atoms with van der Waals surface area (Å²) < 4.78 is 161. The predicted molar refractivity (Wildman–Crippen MR) is 167 cm³/mol. The summed E-state index contributed by atoms with van der Waals surface area (Å²) in [7, 11) is -3.44.